The van der Waals surface area contributed by atoms with E-state index in [4.69, 9.17) is 0 Å². The van der Waals surface area contributed by atoms with Crippen LogP contribution in [0.15, 0.2) is 51.9 Å². The molecule has 26 heavy (non-hydrogen) atoms. The molecule has 0 atom stereocenters. The van der Waals surface area contributed by atoms with Crippen molar-refractivity contribution in [2.45, 2.75) is 25.3 Å². The van der Waals surface area contributed by atoms with Gasteiger partial charge in [0, 0.05) is 21.0 Å². The minimum absolute atomic E-state index is 0.129. The molecule has 0 unspecified atom stereocenters. The molecule has 2 aromatic carbocycles. The first-order chi connectivity index (χ1) is 12.2. The van der Waals surface area contributed by atoms with Crippen LogP contribution >= 0.6 is 15.9 Å². The molecule has 132 valence electrons. The van der Waals surface area contributed by atoms with E-state index in [-0.39, 0.29) is 16.6 Å². The quantitative estimate of drug-likeness (QED) is 0.539. The van der Waals surface area contributed by atoms with Crippen LogP contribution in [0.2, 0.25) is 0 Å². The summed E-state index contributed by atoms with van der Waals surface area (Å²) in [5.41, 5.74) is -0.740. The lowest BCUT2D eigenvalue weighted by Gasteiger charge is -2.37. The molecule has 4 rings (SSSR count). The normalized spacial score (nSPS) is 17.7. The first-order valence-electron chi connectivity index (χ1n) is 7.92. The summed E-state index contributed by atoms with van der Waals surface area (Å²) in [4.78, 5) is 4.30. The average Bonchev–Trinajstić information content (AvgIpc) is 2.58. The van der Waals surface area contributed by atoms with Crippen LogP contribution in [-0.2, 0) is 5.92 Å². The van der Waals surface area contributed by atoms with Crippen molar-refractivity contribution < 1.29 is 13.2 Å². The predicted molar refractivity (Wildman–Crippen MR) is 97.3 cm³/mol. The smallest absolute Gasteiger partial charge is 0.270 e. The topological polar surface area (TPSA) is 38.1 Å². The van der Waals surface area contributed by atoms with Crippen LogP contribution in [0.25, 0.3) is 10.9 Å². The lowest BCUT2D eigenvalue weighted by molar-refractivity contribution is -0.0688. The van der Waals surface area contributed by atoms with Crippen molar-refractivity contribution in [3.05, 3.63) is 69.6 Å². The number of hydrogen-bond acceptors (Lipinski definition) is 3. The van der Waals surface area contributed by atoms with E-state index in [2.05, 4.69) is 31.1 Å². The van der Waals surface area contributed by atoms with Crippen molar-refractivity contribution >= 4 is 32.5 Å². The van der Waals surface area contributed by atoms with Gasteiger partial charge in [0.1, 0.15) is 16.7 Å². The van der Waals surface area contributed by atoms with Gasteiger partial charge in [0.25, 0.3) is 5.92 Å². The highest BCUT2D eigenvalue weighted by molar-refractivity contribution is 9.10. The Hall–Kier alpha value is -2.28. The van der Waals surface area contributed by atoms with Gasteiger partial charge < -0.3 is 0 Å². The van der Waals surface area contributed by atoms with Gasteiger partial charge in [-0.15, -0.1) is 10.2 Å². The van der Waals surface area contributed by atoms with E-state index in [1.54, 1.807) is 36.4 Å². The minimum Gasteiger partial charge on any atom is -0.270 e. The van der Waals surface area contributed by atoms with E-state index >= 15 is 8.78 Å². The number of nitrogens with zero attached hydrogens (tertiary/aromatic N) is 3. The summed E-state index contributed by atoms with van der Waals surface area (Å²) < 4.78 is 44.2. The molecular weight excluding hydrogens is 407 g/mol. The van der Waals surface area contributed by atoms with Gasteiger partial charge in [0.05, 0.1) is 5.71 Å². The van der Waals surface area contributed by atoms with E-state index in [0.29, 0.717) is 21.3 Å². The van der Waals surface area contributed by atoms with Gasteiger partial charge in [-0.2, -0.15) is 8.78 Å². The van der Waals surface area contributed by atoms with Crippen LogP contribution in [0.3, 0.4) is 0 Å². The number of alkyl halides is 2. The Labute approximate surface area is 156 Å². The molecule has 0 saturated heterocycles. The van der Waals surface area contributed by atoms with Crippen molar-refractivity contribution in [3.63, 3.8) is 0 Å². The zero-order valence-corrected chi connectivity index (χ0v) is 15.5. The minimum atomic E-state index is -3.16. The van der Waals surface area contributed by atoms with E-state index in [1.165, 1.54) is 19.9 Å². The fourth-order valence-corrected chi connectivity index (χ4v) is 3.72. The Kier molecular flexibility index (Phi) is 3.70. The second-order valence-corrected chi connectivity index (χ2v) is 7.52. The standard InChI is InChI=1S/C19H13BrF3N3/c1-18(2)19(22,23)15-11(6-4-7-12(15)20)17(24-18)14-9-10-5-3-8-13(21)16(10)26-25-14/h3-9H,1-2H3. The zero-order chi connectivity index (χ0) is 18.7. The van der Waals surface area contributed by atoms with Gasteiger partial charge in [-0.3, -0.25) is 4.99 Å². The van der Waals surface area contributed by atoms with Crippen LogP contribution in [0.1, 0.15) is 30.7 Å². The summed E-state index contributed by atoms with van der Waals surface area (Å²) in [6.07, 6.45) is 0. The maximum atomic E-state index is 15.0. The van der Waals surface area contributed by atoms with Crippen molar-refractivity contribution in [1.29, 1.82) is 0 Å². The number of hydrogen-bond donors (Lipinski definition) is 0. The summed E-state index contributed by atoms with van der Waals surface area (Å²) in [5, 5.41) is 8.51. The predicted octanol–water partition coefficient (Wildman–Crippen LogP) is 5.25. The van der Waals surface area contributed by atoms with Gasteiger partial charge in [-0.05, 0) is 32.0 Å². The van der Waals surface area contributed by atoms with Crippen LogP contribution < -0.4 is 0 Å². The van der Waals surface area contributed by atoms with E-state index in [0.717, 1.165) is 0 Å². The molecule has 0 radical (unpaired) electrons. The third kappa shape index (κ3) is 2.37. The van der Waals surface area contributed by atoms with Crippen LogP contribution in [0.4, 0.5) is 13.2 Å². The molecular formula is C19H13BrF3N3. The Morgan fingerprint density at radius 3 is 2.50 bits per heavy atom. The molecule has 0 N–H and O–H groups in total. The number of fused-ring (bicyclic) bond motifs is 2. The highest BCUT2D eigenvalue weighted by Gasteiger charge is 2.54. The molecule has 7 heteroatoms. The van der Waals surface area contributed by atoms with E-state index < -0.39 is 17.3 Å². The van der Waals surface area contributed by atoms with Gasteiger partial charge in [-0.25, -0.2) is 4.39 Å². The fourth-order valence-electron chi connectivity index (χ4n) is 3.10. The molecule has 0 bridgehead atoms. The van der Waals surface area contributed by atoms with Gasteiger partial charge in [-0.1, -0.05) is 40.2 Å². The van der Waals surface area contributed by atoms with Crippen molar-refractivity contribution in [3.8, 4) is 0 Å². The number of rotatable bonds is 1. The second-order valence-electron chi connectivity index (χ2n) is 6.66. The highest BCUT2D eigenvalue weighted by Crippen LogP contribution is 2.49. The van der Waals surface area contributed by atoms with Crippen molar-refractivity contribution in [2.24, 2.45) is 4.99 Å². The molecule has 1 aliphatic heterocycles. The monoisotopic (exact) mass is 419 g/mol. The lowest BCUT2D eigenvalue weighted by atomic mass is 9.82. The van der Waals surface area contributed by atoms with E-state index in [9.17, 15) is 4.39 Å². The highest BCUT2D eigenvalue weighted by atomic mass is 79.9. The van der Waals surface area contributed by atoms with Gasteiger partial charge >= 0.3 is 0 Å². The zero-order valence-electron chi connectivity index (χ0n) is 13.9. The van der Waals surface area contributed by atoms with Crippen LogP contribution in [-0.4, -0.2) is 21.4 Å². The molecule has 3 nitrogen and oxygen atoms in total. The summed E-state index contributed by atoms with van der Waals surface area (Å²) in [5.74, 6) is -3.65. The maximum absolute atomic E-state index is 15.0. The first-order valence-corrected chi connectivity index (χ1v) is 8.71. The maximum Gasteiger partial charge on any atom is 0.299 e. The fraction of sp³-hybridized carbons (Fsp3) is 0.211. The molecule has 0 aliphatic carbocycles. The number of benzene rings is 2. The molecule has 2 heterocycles. The Morgan fingerprint density at radius 2 is 1.73 bits per heavy atom. The second kappa shape index (κ2) is 5.61. The molecule has 1 aliphatic rings. The molecule has 0 spiro atoms. The lowest BCUT2D eigenvalue weighted by Crippen LogP contribution is -2.44. The molecule has 1 aromatic heterocycles. The number of aromatic nitrogens is 2. The van der Waals surface area contributed by atoms with Crippen molar-refractivity contribution in [2.75, 3.05) is 0 Å². The summed E-state index contributed by atoms with van der Waals surface area (Å²) in [6, 6.07) is 11.0. The van der Waals surface area contributed by atoms with E-state index in [1.807, 2.05) is 0 Å². The Bertz CT molecular complexity index is 1080. The summed E-state index contributed by atoms with van der Waals surface area (Å²) in [7, 11) is 0. The van der Waals surface area contributed by atoms with Crippen LogP contribution in [0.5, 0.6) is 0 Å². The summed E-state index contributed by atoms with van der Waals surface area (Å²) in [6.45, 7) is 2.76. The average molecular weight is 420 g/mol. The SMILES string of the molecule is CC1(C)N=C(c2cc3cccc(F)c3nn2)c2cccc(Br)c2C1(F)F. The third-order valence-electron chi connectivity index (χ3n) is 4.55. The summed E-state index contributed by atoms with van der Waals surface area (Å²) >= 11 is 3.24. The van der Waals surface area contributed by atoms with Crippen LogP contribution in [0, 0.1) is 5.82 Å². The molecule has 3 aromatic rings. The molecule has 0 saturated carbocycles. The van der Waals surface area contributed by atoms with Gasteiger partial charge in [0.15, 0.2) is 5.82 Å². The van der Waals surface area contributed by atoms with Crippen molar-refractivity contribution in [1.82, 2.24) is 10.2 Å². The van der Waals surface area contributed by atoms with Gasteiger partial charge in [0.2, 0.25) is 0 Å². The largest absolute Gasteiger partial charge is 0.299 e. The third-order valence-corrected chi connectivity index (χ3v) is 5.21. The molecule has 0 fully saturated rings. The Morgan fingerprint density at radius 1 is 1.00 bits per heavy atom. The first kappa shape index (κ1) is 17.1. The number of aliphatic imine (C=N–C) groups is 1. The Balaban J connectivity index is 2.00. The molecule has 0 amide bonds. The number of halogens is 4.